The maximum atomic E-state index is 12.4. The molecule has 1 saturated carbocycles. The number of carbonyl (C=O) groups excluding carboxylic acids is 1. The zero-order chi connectivity index (χ0) is 13.7. The number of Topliss-reactive ketones (excluding diaryl/α,β-unsaturated/α-hetero) is 1. The molecule has 0 N–H and O–H groups in total. The number of aryl methyl sites for hydroxylation is 2. The molecule has 1 heteroatoms. The highest BCUT2D eigenvalue weighted by molar-refractivity contribution is 5.88. The standard InChI is InChI=1S/C17H24O/c1-11-7-8-13(9-12(11)2)10-14(18)15-16(3,4)17(15,5)6/h7-9,15H,10H2,1-6H3. The molecule has 1 aromatic rings. The van der Waals surface area contributed by atoms with Crippen molar-refractivity contribution in [1.82, 2.24) is 0 Å². The number of ketones is 1. The van der Waals surface area contributed by atoms with Crippen molar-refractivity contribution in [3.63, 3.8) is 0 Å². The van der Waals surface area contributed by atoms with Crippen molar-refractivity contribution in [2.45, 2.75) is 48.0 Å². The highest BCUT2D eigenvalue weighted by Gasteiger charge is 2.67. The van der Waals surface area contributed by atoms with Crippen LogP contribution in [0.4, 0.5) is 0 Å². The van der Waals surface area contributed by atoms with Gasteiger partial charge < -0.3 is 0 Å². The summed E-state index contributed by atoms with van der Waals surface area (Å²) in [6.45, 7) is 13.0. The van der Waals surface area contributed by atoms with Crippen molar-refractivity contribution in [3.05, 3.63) is 34.9 Å². The van der Waals surface area contributed by atoms with Gasteiger partial charge in [-0.2, -0.15) is 0 Å². The summed E-state index contributed by atoms with van der Waals surface area (Å²) in [6, 6.07) is 6.35. The zero-order valence-electron chi connectivity index (χ0n) is 12.4. The van der Waals surface area contributed by atoms with E-state index in [1.165, 1.54) is 11.1 Å². The maximum absolute atomic E-state index is 12.4. The number of benzene rings is 1. The van der Waals surface area contributed by atoms with Crippen LogP contribution in [-0.4, -0.2) is 5.78 Å². The van der Waals surface area contributed by atoms with Crippen molar-refractivity contribution in [1.29, 1.82) is 0 Å². The summed E-state index contributed by atoms with van der Waals surface area (Å²) < 4.78 is 0. The van der Waals surface area contributed by atoms with E-state index in [1.54, 1.807) is 0 Å². The van der Waals surface area contributed by atoms with Gasteiger partial charge in [0.15, 0.2) is 0 Å². The van der Waals surface area contributed by atoms with Crippen molar-refractivity contribution in [3.8, 4) is 0 Å². The van der Waals surface area contributed by atoms with Crippen molar-refractivity contribution < 1.29 is 4.79 Å². The molecule has 1 aliphatic carbocycles. The van der Waals surface area contributed by atoms with Crippen LogP contribution in [0.25, 0.3) is 0 Å². The van der Waals surface area contributed by atoms with Gasteiger partial charge in [0, 0.05) is 12.3 Å². The summed E-state index contributed by atoms with van der Waals surface area (Å²) in [5.41, 5.74) is 4.03. The Morgan fingerprint density at radius 2 is 1.61 bits per heavy atom. The quantitative estimate of drug-likeness (QED) is 0.782. The van der Waals surface area contributed by atoms with Gasteiger partial charge in [-0.1, -0.05) is 45.9 Å². The lowest BCUT2D eigenvalue weighted by Gasteiger charge is -2.06. The van der Waals surface area contributed by atoms with Crippen molar-refractivity contribution >= 4 is 5.78 Å². The Balaban J connectivity index is 2.12. The predicted molar refractivity (Wildman–Crippen MR) is 75.7 cm³/mol. The third-order valence-electron chi connectivity index (χ3n) is 5.29. The van der Waals surface area contributed by atoms with Gasteiger partial charge in [0.05, 0.1) is 0 Å². The van der Waals surface area contributed by atoms with Crippen molar-refractivity contribution in [2.24, 2.45) is 16.7 Å². The Morgan fingerprint density at radius 3 is 2.06 bits per heavy atom. The number of carbonyl (C=O) groups is 1. The van der Waals surface area contributed by atoms with E-state index in [0.29, 0.717) is 12.2 Å². The zero-order valence-corrected chi connectivity index (χ0v) is 12.4. The van der Waals surface area contributed by atoms with Gasteiger partial charge in [-0.3, -0.25) is 4.79 Å². The Labute approximate surface area is 111 Å². The largest absolute Gasteiger partial charge is 0.299 e. The minimum absolute atomic E-state index is 0.157. The number of hydrogen-bond acceptors (Lipinski definition) is 1. The van der Waals surface area contributed by atoms with Crippen LogP contribution >= 0.6 is 0 Å². The molecule has 2 rings (SSSR count). The summed E-state index contributed by atoms with van der Waals surface area (Å²) in [5, 5.41) is 0. The average Bonchev–Trinajstić information content (AvgIpc) is 2.63. The lowest BCUT2D eigenvalue weighted by Crippen LogP contribution is -2.10. The van der Waals surface area contributed by atoms with Gasteiger partial charge in [0.2, 0.25) is 0 Å². The smallest absolute Gasteiger partial charge is 0.141 e. The Hall–Kier alpha value is -1.11. The van der Waals surface area contributed by atoms with Crippen LogP contribution in [0, 0.1) is 30.6 Å². The van der Waals surface area contributed by atoms with Crippen molar-refractivity contribution in [2.75, 3.05) is 0 Å². The summed E-state index contributed by atoms with van der Waals surface area (Å²) >= 11 is 0. The summed E-state index contributed by atoms with van der Waals surface area (Å²) in [7, 11) is 0. The normalized spacial score (nSPS) is 20.8. The average molecular weight is 244 g/mol. The molecule has 0 heterocycles. The third-order valence-corrected chi connectivity index (χ3v) is 5.29. The van der Waals surface area contributed by atoms with E-state index >= 15 is 0 Å². The number of rotatable bonds is 3. The molecule has 0 unspecified atom stereocenters. The van der Waals surface area contributed by atoms with E-state index < -0.39 is 0 Å². The molecule has 0 atom stereocenters. The van der Waals surface area contributed by atoms with Gasteiger partial charge in [-0.15, -0.1) is 0 Å². The first kappa shape index (κ1) is 13.3. The first-order valence-electron chi connectivity index (χ1n) is 6.77. The maximum Gasteiger partial charge on any atom is 0.141 e. The molecule has 0 amide bonds. The summed E-state index contributed by atoms with van der Waals surface area (Å²) in [6.07, 6.45) is 0.582. The van der Waals surface area contributed by atoms with Crippen LogP contribution in [0.2, 0.25) is 0 Å². The lowest BCUT2D eigenvalue weighted by molar-refractivity contribution is -0.120. The van der Waals surface area contributed by atoms with E-state index in [4.69, 9.17) is 0 Å². The van der Waals surface area contributed by atoms with Crippen LogP contribution < -0.4 is 0 Å². The highest BCUT2D eigenvalue weighted by atomic mass is 16.1. The fraction of sp³-hybridized carbons (Fsp3) is 0.588. The molecule has 0 radical (unpaired) electrons. The van der Waals surface area contributed by atoms with E-state index in [0.717, 1.165) is 5.56 Å². The van der Waals surface area contributed by atoms with Crippen LogP contribution in [-0.2, 0) is 11.2 Å². The Morgan fingerprint density at radius 1 is 1.06 bits per heavy atom. The number of hydrogen-bond donors (Lipinski definition) is 0. The highest BCUT2D eigenvalue weighted by Crippen LogP contribution is 2.68. The summed E-state index contributed by atoms with van der Waals surface area (Å²) in [5.74, 6) is 0.611. The van der Waals surface area contributed by atoms with Gasteiger partial charge in [-0.25, -0.2) is 0 Å². The first-order chi connectivity index (χ1) is 8.18. The fourth-order valence-electron chi connectivity index (χ4n) is 3.22. The predicted octanol–water partition coefficient (Wildman–Crippen LogP) is 4.10. The second-order valence-corrected chi connectivity index (χ2v) is 6.94. The molecule has 1 nitrogen and oxygen atoms in total. The molecule has 18 heavy (non-hydrogen) atoms. The second-order valence-electron chi connectivity index (χ2n) is 6.94. The molecule has 1 fully saturated rings. The molecule has 0 saturated heterocycles. The molecule has 0 aliphatic heterocycles. The van der Waals surface area contributed by atoms with Crippen LogP contribution in [0.3, 0.4) is 0 Å². The van der Waals surface area contributed by atoms with Gasteiger partial charge in [0.1, 0.15) is 5.78 Å². The third kappa shape index (κ3) is 1.90. The minimum Gasteiger partial charge on any atom is -0.299 e. The molecular weight excluding hydrogens is 220 g/mol. The Bertz CT molecular complexity index is 480. The first-order valence-corrected chi connectivity index (χ1v) is 6.77. The van der Waals surface area contributed by atoms with Crippen LogP contribution in [0.15, 0.2) is 18.2 Å². The van der Waals surface area contributed by atoms with E-state index in [-0.39, 0.29) is 16.7 Å². The molecule has 0 aromatic heterocycles. The van der Waals surface area contributed by atoms with E-state index in [1.807, 2.05) is 0 Å². The summed E-state index contributed by atoms with van der Waals surface area (Å²) in [4.78, 5) is 12.4. The molecule has 0 spiro atoms. The fourth-order valence-corrected chi connectivity index (χ4v) is 3.22. The SMILES string of the molecule is Cc1ccc(CC(=O)C2C(C)(C)C2(C)C)cc1C. The van der Waals surface area contributed by atoms with Gasteiger partial charge in [-0.05, 0) is 41.4 Å². The molecule has 1 aromatic carbocycles. The second kappa shape index (κ2) is 3.94. The Kier molecular flexibility index (Phi) is 2.92. The van der Waals surface area contributed by atoms with E-state index in [9.17, 15) is 4.79 Å². The molecule has 1 aliphatic rings. The molecular formula is C17H24O. The minimum atomic E-state index is 0.157. The topological polar surface area (TPSA) is 17.1 Å². The van der Waals surface area contributed by atoms with Crippen LogP contribution in [0.5, 0.6) is 0 Å². The lowest BCUT2D eigenvalue weighted by atomic mass is 9.98. The van der Waals surface area contributed by atoms with Crippen LogP contribution in [0.1, 0.15) is 44.4 Å². The molecule has 98 valence electrons. The van der Waals surface area contributed by atoms with Gasteiger partial charge >= 0.3 is 0 Å². The van der Waals surface area contributed by atoms with Gasteiger partial charge in [0.25, 0.3) is 0 Å². The molecule has 0 bridgehead atoms. The van der Waals surface area contributed by atoms with E-state index in [2.05, 4.69) is 59.7 Å². The monoisotopic (exact) mass is 244 g/mol.